The highest BCUT2D eigenvalue weighted by molar-refractivity contribution is 7.99. The van der Waals surface area contributed by atoms with E-state index in [1.54, 1.807) is 6.92 Å². The molecule has 104 valence electrons. The molecule has 0 aromatic carbocycles. The highest BCUT2D eigenvalue weighted by Crippen LogP contribution is 2.27. The van der Waals surface area contributed by atoms with Gasteiger partial charge in [0.25, 0.3) is 0 Å². The fraction of sp³-hybridized carbons (Fsp3) is 0.833. The third kappa shape index (κ3) is 4.86. The molecule has 1 rings (SSSR count). The van der Waals surface area contributed by atoms with Gasteiger partial charge in [-0.3, -0.25) is 10.1 Å². The second-order valence-corrected chi connectivity index (χ2v) is 5.82. The maximum atomic E-state index is 11.7. The Hall–Kier alpha value is -0.750. The normalized spacial score (nSPS) is 25.3. The molecule has 3 amide bonds. The molecule has 0 aliphatic heterocycles. The Morgan fingerprint density at radius 2 is 2.06 bits per heavy atom. The van der Waals surface area contributed by atoms with Crippen molar-refractivity contribution in [3.8, 4) is 0 Å². The number of hydrogen-bond donors (Lipinski definition) is 3. The minimum absolute atomic E-state index is 0.277. The molecular formula is C12H23N3O2S. The summed E-state index contributed by atoms with van der Waals surface area (Å²) in [6.45, 7) is 1.79. The number of imide groups is 1. The zero-order chi connectivity index (χ0) is 13.5. The molecule has 1 aliphatic carbocycles. The Labute approximate surface area is 113 Å². The Morgan fingerprint density at radius 3 is 2.67 bits per heavy atom. The molecule has 0 spiro atoms. The summed E-state index contributed by atoms with van der Waals surface area (Å²) in [7, 11) is 1.49. The van der Waals surface area contributed by atoms with Gasteiger partial charge in [0.1, 0.15) is 0 Å². The largest absolute Gasteiger partial charge is 0.341 e. The number of carbonyl (C=O) groups excluding carboxylic acids is 2. The first-order valence-corrected chi connectivity index (χ1v) is 7.67. The number of amides is 3. The van der Waals surface area contributed by atoms with Crippen LogP contribution in [0.2, 0.25) is 0 Å². The third-order valence-corrected chi connectivity index (χ3v) is 4.40. The van der Waals surface area contributed by atoms with E-state index in [4.69, 9.17) is 0 Å². The van der Waals surface area contributed by atoms with E-state index >= 15 is 0 Å². The van der Waals surface area contributed by atoms with Gasteiger partial charge in [0.15, 0.2) is 0 Å². The highest BCUT2D eigenvalue weighted by Gasteiger charge is 2.24. The molecule has 6 heteroatoms. The van der Waals surface area contributed by atoms with Crippen LogP contribution in [0, 0.1) is 0 Å². The van der Waals surface area contributed by atoms with Crippen LogP contribution in [0.4, 0.5) is 4.79 Å². The van der Waals surface area contributed by atoms with Gasteiger partial charge in [-0.25, -0.2) is 4.79 Å². The van der Waals surface area contributed by atoms with Crippen molar-refractivity contribution in [2.45, 2.75) is 49.9 Å². The molecule has 5 nitrogen and oxygen atoms in total. The average Bonchev–Trinajstić information content (AvgIpc) is 2.38. The smallest absolute Gasteiger partial charge is 0.321 e. The van der Waals surface area contributed by atoms with Crippen LogP contribution >= 0.6 is 11.8 Å². The summed E-state index contributed by atoms with van der Waals surface area (Å²) < 4.78 is 0. The molecular weight excluding hydrogens is 250 g/mol. The van der Waals surface area contributed by atoms with Crippen LogP contribution in [0.15, 0.2) is 0 Å². The van der Waals surface area contributed by atoms with Gasteiger partial charge >= 0.3 is 6.03 Å². The van der Waals surface area contributed by atoms with E-state index < -0.39 is 6.03 Å². The first-order chi connectivity index (χ1) is 8.56. The van der Waals surface area contributed by atoms with E-state index in [-0.39, 0.29) is 11.9 Å². The standard InChI is InChI=1S/C12H23N3O2S/c1-8(11(16)15-12(17)13-2)14-9-5-4-6-10(7-9)18-3/h8-10,14H,4-7H2,1-3H3,(H2,13,15,16,17). The summed E-state index contributed by atoms with van der Waals surface area (Å²) in [6.07, 6.45) is 6.80. The Bertz CT molecular complexity index is 299. The average molecular weight is 273 g/mol. The fourth-order valence-corrected chi connectivity index (χ4v) is 3.05. The Balaban J connectivity index is 2.36. The second kappa shape index (κ2) is 7.63. The van der Waals surface area contributed by atoms with Crippen molar-refractivity contribution in [1.82, 2.24) is 16.0 Å². The van der Waals surface area contributed by atoms with Crippen LogP contribution < -0.4 is 16.0 Å². The predicted molar refractivity (Wildman–Crippen MR) is 74.8 cm³/mol. The van der Waals surface area contributed by atoms with Gasteiger partial charge < -0.3 is 10.6 Å². The van der Waals surface area contributed by atoms with Crippen LogP contribution in [-0.4, -0.2) is 42.6 Å². The zero-order valence-corrected chi connectivity index (χ0v) is 12.1. The molecule has 1 saturated carbocycles. The summed E-state index contributed by atoms with van der Waals surface area (Å²) in [4.78, 5) is 22.7. The van der Waals surface area contributed by atoms with Gasteiger partial charge in [0.05, 0.1) is 6.04 Å². The van der Waals surface area contributed by atoms with Crippen LogP contribution in [0.5, 0.6) is 0 Å². The summed E-state index contributed by atoms with van der Waals surface area (Å²) in [5, 5.41) is 8.65. The van der Waals surface area contributed by atoms with Crippen LogP contribution in [-0.2, 0) is 4.79 Å². The van der Waals surface area contributed by atoms with E-state index in [9.17, 15) is 9.59 Å². The molecule has 3 unspecified atom stereocenters. The minimum atomic E-state index is -0.459. The van der Waals surface area contributed by atoms with E-state index in [1.807, 2.05) is 11.8 Å². The van der Waals surface area contributed by atoms with Crippen molar-refractivity contribution in [2.24, 2.45) is 0 Å². The van der Waals surface area contributed by atoms with Gasteiger partial charge in [0, 0.05) is 18.3 Å². The van der Waals surface area contributed by atoms with Crippen molar-refractivity contribution in [3.05, 3.63) is 0 Å². The molecule has 0 aromatic rings. The molecule has 0 radical (unpaired) electrons. The first-order valence-electron chi connectivity index (χ1n) is 6.38. The van der Waals surface area contributed by atoms with Gasteiger partial charge in [-0.05, 0) is 32.4 Å². The lowest BCUT2D eigenvalue weighted by Crippen LogP contribution is -2.51. The predicted octanol–water partition coefficient (Wildman–Crippen LogP) is 1.09. The van der Waals surface area contributed by atoms with Gasteiger partial charge in [-0.1, -0.05) is 6.42 Å². The van der Waals surface area contributed by atoms with Gasteiger partial charge in [-0.2, -0.15) is 11.8 Å². The molecule has 1 fully saturated rings. The Kier molecular flexibility index (Phi) is 6.49. The molecule has 18 heavy (non-hydrogen) atoms. The SMILES string of the molecule is CNC(=O)NC(=O)C(C)NC1CCCC(SC)C1. The van der Waals surface area contributed by atoms with Crippen LogP contribution in [0.25, 0.3) is 0 Å². The van der Waals surface area contributed by atoms with Crippen LogP contribution in [0.3, 0.4) is 0 Å². The highest BCUT2D eigenvalue weighted by atomic mass is 32.2. The monoisotopic (exact) mass is 273 g/mol. The second-order valence-electron chi connectivity index (χ2n) is 4.68. The van der Waals surface area contributed by atoms with E-state index in [1.165, 1.54) is 19.9 Å². The summed E-state index contributed by atoms with van der Waals surface area (Å²) in [5.74, 6) is -0.277. The quantitative estimate of drug-likeness (QED) is 0.717. The lowest BCUT2D eigenvalue weighted by atomic mass is 9.94. The Morgan fingerprint density at radius 1 is 1.33 bits per heavy atom. The van der Waals surface area contributed by atoms with Gasteiger partial charge in [-0.15, -0.1) is 0 Å². The van der Waals surface area contributed by atoms with E-state index in [0.717, 1.165) is 12.8 Å². The number of carbonyl (C=O) groups is 2. The molecule has 0 aromatic heterocycles. The number of thioether (sulfide) groups is 1. The van der Waals surface area contributed by atoms with E-state index in [2.05, 4.69) is 22.2 Å². The maximum Gasteiger partial charge on any atom is 0.321 e. The molecule has 0 heterocycles. The van der Waals surface area contributed by atoms with Crippen molar-refractivity contribution in [2.75, 3.05) is 13.3 Å². The lowest BCUT2D eigenvalue weighted by Gasteiger charge is -2.30. The molecule has 3 atom stereocenters. The van der Waals surface area contributed by atoms with Crippen molar-refractivity contribution < 1.29 is 9.59 Å². The molecule has 3 N–H and O–H groups in total. The van der Waals surface area contributed by atoms with Crippen molar-refractivity contribution in [3.63, 3.8) is 0 Å². The third-order valence-electron chi connectivity index (χ3n) is 3.30. The number of nitrogens with one attached hydrogen (secondary N) is 3. The minimum Gasteiger partial charge on any atom is -0.341 e. The van der Waals surface area contributed by atoms with E-state index in [0.29, 0.717) is 11.3 Å². The maximum absolute atomic E-state index is 11.7. The summed E-state index contributed by atoms with van der Waals surface area (Å²) in [6, 6.07) is -0.422. The number of urea groups is 1. The van der Waals surface area contributed by atoms with Gasteiger partial charge in [0.2, 0.25) is 5.91 Å². The van der Waals surface area contributed by atoms with Crippen LogP contribution in [0.1, 0.15) is 32.6 Å². The first kappa shape index (κ1) is 15.3. The molecule has 1 aliphatic rings. The number of hydrogen-bond acceptors (Lipinski definition) is 4. The molecule has 0 bridgehead atoms. The summed E-state index contributed by atoms with van der Waals surface area (Å²) >= 11 is 1.89. The lowest BCUT2D eigenvalue weighted by molar-refractivity contribution is -0.121. The van der Waals surface area contributed by atoms with Crippen molar-refractivity contribution in [1.29, 1.82) is 0 Å². The molecule has 0 saturated heterocycles. The summed E-state index contributed by atoms with van der Waals surface area (Å²) in [5.41, 5.74) is 0. The zero-order valence-electron chi connectivity index (χ0n) is 11.3. The van der Waals surface area contributed by atoms with Crippen molar-refractivity contribution >= 4 is 23.7 Å². The fourth-order valence-electron chi connectivity index (χ4n) is 2.22. The topological polar surface area (TPSA) is 70.2 Å². The number of rotatable bonds is 4.